The lowest BCUT2D eigenvalue weighted by Crippen LogP contribution is -2.44. The van der Waals surface area contributed by atoms with Crippen LogP contribution in [-0.4, -0.2) is 61.5 Å². The molecule has 0 aliphatic carbocycles. The molecule has 1 fully saturated rings. The lowest BCUT2D eigenvalue weighted by atomic mass is 10.1. The van der Waals surface area contributed by atoms with Crippen molar-refractivity contribution in [2.24, 2.45) is 0 Å². The van der Waals surface area contributed by atoms with Gasteiger partial charge in [0.05, 0.1) is 16.3 Å². The van der Waals surface area contributed by atoms with E-state index in [0.717, 1.165) is 0 Å². The summed E-state index contributed by atoms with van der Waals surface area (Å²) in [5.74, 6) is -0.343. The van der Waals surface area contributed by atoms with Crippen LogP contribution in [0.15, 0.2) is 41.7 Å². The Bertz CT molecular complexity index is 1170. The molecule has 8 nitrogen and oxygen atoms in total. The van der Waals surface area contributed by atoms with Gasteiger partial charge in [-0.3, -0.25) is 0 Å². The van der Waals surface area contributed by atoms with Gasteiger partial charge in [0.1, 0.15) is 23.8 Å². The number of ether oxygens (including phenoxy) is 2. The minimum absolute atomic E-state index is 0.113. The normalized spacial score (nSPS) is 15.7. The van der Waals surface area contributed by atoms with Gasteiger partial charge in [-0.25, -0.2) is 14.2 Å². The Balaban J connectivity index is 1.54. The molecule has 0 bridgehead atoms. The summed E-state index contributed by atoms with van der Waals surface area (Å²) >= 11 is -0.0222. The topological polar surface area (TPSA) is 101 Å². The van der Waals surface area contributed by atoms with Gasteiger partial charge in [0.25, 0.3) is 5.19 Å². The van der Waals surface area contributed by atoms with E-state index < -0.39 is 16.8 Å². The van der Waals surface area contributed by atoms with E-state index in [9.17, 15) is 13.7 Å². The molecular weight excluding hydrogens is 491 g/mol. The van der Waals surface area contributed by atoms with Gasteiger partial charge in [-0.2, -0.15) is 9.97 Å². The molecule has 1 aromatic carbocycles. The predicted octanol–water partition coefficient (Wildman–Crippen LogP) is 4.92. The van der Waals surface area contributed by atoms with E-state index in [0.29, 0.717) is 53.0 Å². The molecule has 35 heavy (non-hydrogen) atoms. The summed E-state index contributed by atoms with van der Waals surface area (Å²) in [6.45, 7) is 6.59. The Hall–Kier alpha value is -2.76. The van der Waals surface area contributed by atoms with Crippen LogP contribution in [-0.2, 0) is 15.9 Å². The largest absolute Gasteiger partial charge is 0.609 e. The number of hydrogen-bond acceptors (Lipinski definition) is 8. The molecule has 1 aliphatic heterocycles. The number of carbonyl (C=O) groups is 1. The molecule has 1 unspecified atom stereocenters. The van der Waals surface area contributed by atoms with Crippen LogP contribution < -0.4 is 4.74 Å². The smallest absolute Gasteiger partial charge is 0.410 e. The number of aromatic nitrogens is 3. The number of amides is 1. The van der Waals surface area contributed by atoms with Crippen molar-refractivity contribution in [3.05, 3.63) is 42.3 Å². The molecule has 186 valence electrons. The Kier molecular flexibility index (Phi) is 7.58. The lowest BCUT2D eigenvalue weighted by Gasteiger charge is -2.33. The molecule has 1 amide bonds. The van der Waals surface area contributed by atoms with Crippen molar-refractivity contribution in [2.75, 3.05) is 19.3 Å². The summed E-state index contributed by atoms with van der Waals surface area (Å²) in [7, 11) is 0. The summed E-state index contributed by atoms with van der Waals surface area (Å²) < 4.78 is 37.1. The SMILES string of the molecule is C[S+]([O-])c1nccc(-c2sc(OC3CCN(C(=O)OC(C)(C)C)CC3)nc2-c2ccc(F)cc2)n1. The standard InChI is InChI=1S/C24H27FN4O4S2/c1-24(2,3)33-23(30)29-13-10-17(11-14-29)32-22-28-19(15-5-7-16(25)8-6-15)20(34-22)18-9-12-26-21(27-18)35(4)31/h5-9,12,17H,10-11,13-14H2,1-4H3. The molecule has 3 heterocycles. The van der Waals surface area contributed by atoms with Crippen LogP contribution in [0.25, 0.3) is 21.8 Å². The molecular formula is C24H27FN4O4S2. The van der Waals surface area contributed by atoms with E-state index in [2.05, 4.69) is 9.97 Å². The number of nitrogens with zero attached hydrogens (tertiary/aromatic N) is 4. The molecule has 3 aromatic rings. The summed E-state index contributed by atoms with van der Waals surface area (Å²) in [5, 5.41) is 0.672. The molecule has 0 saturated carbocycles. The monoisotopic (exact) mass is 518 g/mol. The number of carbonyl (C=O) groups excluding carboxylic acids is 1. The van der Waals surface area contributed by atoms with Gasteiger partial charge in [-0.1, -0.05) is 11.3 Å². The summed E-state index contributed by atoms with van der Waals surface area (Å²) in [4.78, 5) is 27.9. The van der Waals surface area contributed by atoms with Crippen molar-refractivity contribution in [3.63, 3.8) is 0 Å². The zero-order valence-electron chi connectivity index (χ0n) is 20.0. The third-order valence-corrected chi connectivity index (χ3v) is 6.89. The fraction of sp³-hybridized carbons (Fsp3) is 0.417. The van der Waals surface area contributed by atoms with E-state index in [1.165, 1.54) is 29.7 Å². The Morgan fingerprint density at radius 1 is 1.17 bits per heavy atom. The van der Waals surface area contributed by atoms with E-state index >= 15 is 0 Å². The van der Waals surface area contributed by atoms with Crippen LogP contribution in [0.2, 0.25) is 0 Å². The first-order valence-corrected chi connectivity index (χ1v) is 13.5. The first-order valence-electron chi connectivity index (χ1n) is 11.2. The quantitative estimate of drug-likeness (QED) is 0.349. The highest BCUT2D eigenvalue weighted by molar-refractivity contribution is 7.90. The van der Waals surface area contributed by atoms with E-state index in [4.69, 9.17) is 14.5 Å². The van der Waals surface area contributed by atoms with E-state index in [1.54, 1.807) is 29.3 Å². The number of rotatable bonds is 5. The van der Waals surface area contributed by atoms with Crippen molar-refractivity contribution in [1.82, 2.24) is 19.9 Å². The summed E-state index contributed by atoms with van der Waals surface area (Å²) in [6, 6.07) is 7.77. The second-order valence-electron chi connectivity index (χ2n) is 9.13. The molecule has 0 spiro atoms. The molecule has 1 atom stereocenters. The third-order valence-electron chi connectivity index (χ3n) is 5.21. The molecule has 4 rings (SSSR count). The predicted molar refractivity (Wildman–Crippen MR) is 132 cm³/mol. The van der Waals surface area contributed by atoms with Gasteiger partial charge in [0, 0.05) is 48.9 Å². The number of likely N-dealkylation sites (tertiary alicyclic amines) is 1. The lowest BCUT2D eigenvalue weighted by molar-refractivity contribution is 0.0126. The Morgan fingerprint density at radius 2 is 1.86 bits per heavy atom. The summed E-state index contributed by atoms with van der Waals surface area (Å²) in [6.07, 6.45) is 3.93. The summed E-state index contributed by atoms with van der Waals surface area (Å²) in [5.41, 5.74) is 1.34. The van der Waals surface area contributed by atoms with Crippen molar-refractivity contribution in [3.8, 4) is 27.0 Å². The van der Waals surface area contributed by atoms with Crippen molar-refractivity contribution < 1.29 is 23.2 Å². The van der Waals surface area contributed by atoms with E-state index in [-0.39, 0.29) is 23.2 Å². The molecule has 2 aromatic heterocycles. The average Bonchev–Trinajstić information content (AvgIpc) is 3.22. The maximum atomic E-state index is 13.5. The average molecular weight is 519 g/mol. The highest BCUT2D eigenvalue weighted by atomic mass is 32.2. The molecule has 1 saturated heterocycles. The maximum Gasteiger partial charge on any atom is 0.410 e. The van der Waals surface area contributed by atoms with E-state index in [1.807, 2.05) is 20.8 Å². The first-order chi connectivity index (χ1) is 16.6. The Labute approximate surface area is 210 Å². The van der Waals surface area contributed by atoms with Crippen molar-refractivity contribution in [2.45, 2.75) is 50.5 Å². The molecule has 11 heteroatoms. The number of hydrogen-bond donors (Lipinski definition) is 0. The Morgan fingerprint density at radius 3 is 2.49 bits per heavy atom. The van der Waals surface area contributed by atoms with Gasteiger partial charge in [-0.15, -0.1) is 0 Å². The molecule has 0 N–H and O–H groups in total. The second kappa shape index (κ2) is 10.5. The minimum atomic E-state index is -1.34. The second-order valence-corrected chi connectivity index (χ2v) is 11.4. The zero-order chi connectivity index (χ0) is 25.2. The number of piperidine rings is 1. The van der Waals surface area contributed by atoms with Crippen LogP contribution in [0.5, 0.6) is 5.19 Å². The van der Waals surface area contributed by atoms with Gasteiger partial charge in [-0.05, 0) is 51.1 Å². The van der Waals surface area contributed by atoms with Crippen LogP contribution in [0.3, 0.4) is 0 Å². The first kappa shape index (κ1) is 25.3. The highest BCUT2D eigenvalue weighted by Crippen LogP contribution is 2.40. The van der Waals surface area contributed by atoms with Crippen LogP contribution in [0.4, 0.5) is 9.18 Å². The number of halogens is 1. The van der Waals surface area contributed by atoms with Gasteiger partial charge >= 0.3 is 11.2 Å². The molecule has 0 radical (unpaired) electrons. The van der Waals surface area contributed by atoms with Crippen LogP contribution >= 0.6 is 11.3 Å². The number of benzene rings is 1. The number of thiazole rings is 1. The van der Waals surface area contributed by atoms with Gasteiger partial charge in [0.15, 0.2) is 0 Å². The minimum Gasteiger partial charge on any atom is -0.609 e. The third kappa shape index (κ3) is 6.47. The fourth-order valence-corrected chi connectivity index (χ4v) is 4.97. The highest BCUT2D eigenvalue weighted by Gasteiger charge is 2.29. The van der Waals surface area contributed by atoms with Crippen molar-refractivity contribution in [1.29, 1.82) is 0 Å². The van der Waals surface area contributed by atoms with Crippen LogP contribution in [0.1, 0.15) is 33.6 Å². The van der Waals surface area contributed by atoms with Gasteiger partial charge < -0.3 is 18.9 Å². The van der Waals surface area contributed by atoms with Crippen LogP contribution in [0, 0.1) is 5.82 Å². The van der Waals surface area contributed by atoms with Crippen molar-refractivity contribution >= 4 is 28.6 Å². The fourth-order valence-electron chi connectivity index (χ4n) is 3.56. The molecule has 1 aliphatic rings. The zero-order valence-corrected chi connectivity index (χ0v) is 21.6. The van der Waals surface area contributed by atoms with Gasteiger partial charge in [0.2, 0.25) is 0 Å². The maximum absolute atomic E-state index is 13.5.